The summed E-state index contributed by atoms with van der Waals surface area (Å²) in [6, 6.07) is 5.53. The normalized spacial score (nSPS) is 13.0. The third kappa shape index (κ3) is 2.38. The zero-order valence-electron chi connectivity index (χ0n) is 11.9. The number of amides is 1. The highest BCUT2D eigenvalue weighted by Crippen LogP contribution is 2.28. The zero-order chi connectivity index (χ0) is 15.0. The summed E-state index contributed by atoms with van der Waals surface area (Å²) in [6.45, 7) is 0. The van der Waals surface area contributed by atoms with E-state index in [4.69, 9.17) is 0 Å². The first-order valence-electron chi connectivity index (χ1n) is 6.64. The van der Waals surface area contributed by atoms with Crippen LogP contribution in [0.4, 0.5) is 0 Å². The molecule has 1 aliphatic carbocycles. The van der Waals surface area contributed by atoms with Gasteiger partial charge in [0.05, 0.1) is 18.4 Å². The highest BCUT2D eigenvalue weighted by atomic mass is 16.2. The third-order valence-electron chi connectivity index (χ3n) is 3.52. The Kier molecular flexibility index (Phi) is 3.17. The van der Waals surface area contributed by atoms with E-state index in [1.165, 1.54) is 0 Å². The van der Waals surface area contributed by atoms with Crippen LogP contribution in [0, 0.1) is 0 Å². The Morgan fingerprint density at radius 2 is 2.14 bits per heavy atom. The molecule has 0 fully saturated rings. The van der Waals surface area contributed by atoms with Crippen LogP contribution < -0.4 is 0 Å². The van der Waals surface area contributed by atoms with Gasteiger partial charge in [-0.3, -0.25) is 9.59 Å². The second kappa shape index (κ2) is 5.01. The van der Waals surface area contributed by atoms with Crippen molar-refractivity contribution >= 4 is 23.5 Å². The highest BCUT2D eigenvalue weighted by Gasteiger charge is 2.24. The Hall–Kier alpha value is -2.69. The maximum absolute atomic E-state index is 12.3. The molecular weight excluding hydrogens is 266 g/mol. The maximum atomic E-state index is 12.3. The topological polar surface area (TPSA) is 55.2 Å². The number of hydrogen-bond acceptors (Lipinski definition) is 3. The van der Waals surface area contributed by atoms with Crippen molar-refractivity contribution < 1.29 is 9.59 Å². The van der Waals surface area contributed by atoms with E-state index in [1.54, 1.807) is 48.3 Å². The Morgan fingerprint density at radius 3 is 2.81 bits per heavy atom. The van der Waals surface area contributed by atoms with Crippen LogP contribution in [0.1, 0.15) is 21.5 Å². The lowest BCUT2D eigenvalue weighted by Gasteiger charge is -2.10. The van der Waals surface area contributed by atoms with Crippen LogP contribution in [0.2, 0.25) is 0 Å². The van der Waals surface area contributed by atoms with E-state index in [9.17, 15) is 9.59 Å². The number of allylic oxidation sites excluding steroid dienone is 1. The van der Waals surface area contributed by atoms with E-state index in [2.05, 4.69) is 4.98 Å². The molecule has 0 spiro atoms. The van der Waals surface area contributed by atoms with Gasteiger partial charge in [-0.1, -0.05) is 18.2 Å². The van der Waals surface area contributed by atoms with Crippen LogP contribution in [0.5, 0.6) is 0 Å². The van der Waals surface area contributed by atoms with Gasteiger partial charge in [-0.25, -0.2) is 4.98 Å². The minimum atomic E-state index is -0.0199. The van der Waals surface area contributed by atoms with Gasteiger partial charge in [0.1, 0.15) is 0 Å². The van der Waals surface area contributed by atoms with Gasteiger partial charge in [0, 0.05) is 32.1 Å². The average Bonchev–Trinajstić information content (AvgIpc) is 3.07. The van der Waals surface area contributed by atoms with E-state index in [0.29, 0.717) is 17.7 Å². The molecule has 106 valence electrons. The molecule has 5 nitrogen and oxygen atoms in total. The molecule has 0 unspecified atom stereocenters. The predicted molar refractivity (Wildman–Crippen MR) is 79.6 cm³/mol. The Morgan fingerprint density at radius 1 is 1.33 bits per heavy atom. The van der Waals surface area contributed by atoms with Gasteiger partial charge in [-0.15, -0.1) is 0 Å². The summed E-state index contributed by atoms with van der Waals surface area (Å²) in [4.78, 5) is 29.6. The molecule has 1 heterocycles. The monoisotopic (exact) mass is 281 g/mol. The highest BCUT2D eigenvalue weighted by molar-refractivity contribution is 6.33. The molecule has 1 aromatic heterocycles. The number of aromatic nitrogens is 2. The number of ketones is 1. The Labute approximate surface area is 122 Å². The number of hydrogen-bond donors (Lipinski definition) is 0. The molecule has 0 radical (unpaired) electrons. The number of rotatable bonds is 3. The second-order valence-corrected chi connectivity index (χ2v) is 5.22. The molecule has 0 bridgehead atoms. The number of fused-ring (bicyclic) bond motifs is 1. The minimum absolute atomic E-state index is 0.0199. The van der Waals surface area contributed by atoms with Crippen LogP contribution in [0.25, 0.3) is 11.8 Å². The number of carbonyl (C=O) groups is 2. The number of carbonyl (C=O) groups excluding carboxylic acids is 2. The summed E-state index contributed by atoms with van der Waals surface area (Å²) in [5.74, 6) is 0.0200. The Balaban J connectivity index is 1.92. The number of nitrogens with zero attached hydrogens (tertiary/aromatic N) is 3. The van der Waals surface area contributed by atoms with Crippen molar-refractivity contribution in [3.63, 3.8) is 0 Å². The molecule has 0 aliphatic heterocycles. The number of likely N-dealkylation sites (N-methyl/N-ethyl adjacent to an activating group) is 1. The van der Waals surface area contributed by atoms with Gasteiger partial charge in [0.25, 0.3) is 0 Å². The van der Waals surface area contributed by atoms with Gasteiger partial charge < -0.3 is 9.47 Å². The second-order valence-electron chi connectivity index (χ2n) is 5.22. The van der Waals surface area contributed by atoms with Crippen molar-refractivity contribution in [2.24, 2.45) is 0 Å². The number of benzene rings is 1. The lowest BCUT2D eigenvalue weighted by molar-refractivity contribution is -0.127. The molecule has 5 heteroatoms. The molecule has 0 saturated carbocycles. The third-order valence-corrected chi connectivity index (χ3v) is 3.52. The SMILES string of the molecule is CN(C)C(=O)Cc1ccc2c(c1)C=C(n1ccnc1)C2=O. The summed E-state index contributed by atoms with van der Waals surface area (Å²) in [5, 5.41) is 0. The Bertz CT molecular complexity index is 743. The van der Waals surface area contributed by atoms with E-state index in [-0.39, 0.29) is 11.7 Å². The summed E-state index contributed by atoms with van der Waals surface area (Å²) >= 11 is 0. The molecule has 1 amide bonds. The van der Waals surface area contributed by atoms with Crippen LogP contribution in [-0.2, 0) is 11.2 Å². The van der Waals surface area contributed by atoms with Gasteiger partial charge in [-0.05, 0) is 17.2 Å². The van der Waals surface area contributed by atoms with Gasteiger partial charge in [0.15, 0.2) is 0 Å². The van der Waals surface area contributed by atoms with Crippen molar-refractivity contribution in [1.29, 1.82) is 0 Å². The summed E-state index contributed by atoms with van der Waals surface area (Å²) in [6.07, 6.45) is 7.15. The largest absolute Gasteiger partial charge is 0.349 e. The molecule has 21 heavy (non-hydrogen) atoms. The van der Waals surface area contributed by atoms with Crippen molar-refractivity contribution in [3.8, 4) is 0 Å². The van der Waals surface area contributed by atoms with Crippen LogP contribution in [0.15, 0.2) is 36.9 Å². The lowest BCUT2D eigenvalue weighted by Crippen LogP contribution is -2.23. The summed E-state index contributed by atoms with van der Waals surface area (Å²) in [5.41, 5.74) is 3.01. The van der Waals surface area contributed by atoms with Crippen molar-refractivity contribution in [2.45, 2.75) is 6.42 Å². The number of imidazole rings is 1. The standard InChI is InChI=1S/C16H15N3O2/c1-18(2)15(20)8-11-3-4-13-12(7-11)9-14(16(13)21)19-6-5-17-10-19/h3-7,9-10H,8H2,1-2H3. The lowest BCUT2D eigenvalue weighted by atomic mass is 10.0. The van der Waals surface area contributed by atoms with Gasteiger partial charge in [0.2, 0.25) is 11.7 Å². The number of Topliss-reactive ketones (excluding diaryl/α,β-unsaturated/α-hetero) is 1. The molecule has 3 rings (SSSR count). The van der Waals surface area contributed by atoms with Crippen molar-refractivity contribution in [1.82, 2.24) is 14.5 Å². The molecule has 0 N–H and O–H groups in total. The first kappa shape index (κ1) is 13.3. The zero-order valence-corrected chi connectivity index (χ0v) is 11.9. The fourth-order valence-electron chi connectivity index (χ4n) is 2.33. The van der Waals surface area contributed by atoms with E-state index < -0.39 is 0 Å². The fourth-order valence-corrected chi connectivity index (χ4v) is 2.33. The molecule has 2 aromatic rings. The first-order chi connectivity index (χ1) is 10.1. The fraction of sp³-hybridized carbons (Fsp3) is 0.188. The molecule has 1 aliphatic rings. The van der Waals surface area contributed by atoms with Crippen LogP contribution in [0.3, 0.4) is 0 Å². The van der Waals surface area contributed by atoms with Gasteiger partial charge in [-0.2, -0.15) is 0 Å². The van der Waals surface area contributed by atoms with E-state index in [0.717, 1.165) is 11.1 Å². The quantitative estimate of drug-likeness (QED) is 0.860. The van der Waals surface area contributed by atoms with Crippen molar-refractivity contribution in [2.75, 3.05) is 14.1 Å². The minimum Gasteiger partial charge on any atom is -0.349 e. The maximum Gasteiger partial charge on any atom is 0.226 e. The average molecular weight is 281 g/mol. The van der Waals surface area contributed by atoms with Crippen molar-refractivity contribution in [3.05, 3.63) is 53.6 Å². The molecule has 0 saturated heterocycles. The summed E-state index contributed by atoms with van der Waals surface area (Å²) < 4.78 is 1.70. The molecule has 1 aromatic carbocycles. The van der Waals surface area contributed by atoms with Crippen LogP contribution in [-0.4, -0.2) is 40.2 Å². The molecule has 0 atom stereocenters. The predicted octanol–water partition coefficient (Wildman–Crippen LogP) is 1.71. The molecular formula is C16H15N3O2. The summed E-state index contributed by atoms with van der Waals surface area (Å²) in [7, 11) is 3.46. The van der Waals surface area contributed by atoms with Gasteiger partial charge >= 0.3 is 0 Å². The first-order valence-corrected chi connectivity index (χ1v) is 6.64. The van der Waals surface area contributed by atoms with Crippen LogP contribution >= 0.6 is 0 Å². The smallest absolute Gasteiger partial charge is 0.226 e. The van der Waals surface area contributed by atoms with E-state index >= 15 is 0 Å². The van der Waals surface area contributed by atoms with E-state index in [1.807, 2.05) is 18.2 Å².